The van der Waals surface area contributed by atoms with Gasteiger partial charge >= 0.3 is 0 Å². The van der Waals surface area contributed by atoms with Crippen LogP contribution in [0.4, 0.5) is 5.69 Å². The Kier molecular flexibility index (Phi) is 3.15. The highest BCUT2D eigenvalue weighted by Gasteiger charge is 2.26. The first-order chi connectivity index (χ1) is 7.99. The third kappa shape index (κ3) is 3.26. The molecule has 0 atom stereocenters. The molecule has 94 valence electrons. The van der Waals surface area contributed by atoms with Crippen molar-refractivity contribution in [2.75, 3.05) is 18.1 Å². The van der Waals surface area contributed by atoms with E-state index in [1.807, 2.05) is 0 Å². The predicted molar refractivity (Wildman–Crippen MR) is 65.1 cm³/mol. The van der Waals surface area contributed by atoms with E-state index in [9.17, 15) is 8.42 Å². The topological polar surface area (TPSA) is 64.6 Å². The molecule has 2 rings (SSSR count). The van der Waals surface area contributed by atoms with E-state index in [1.54, 1.807) is 18.2 Å². The number of hydrogen-bond acceptors (Lipinski definition) is 4. The molecule has 1 fully saturated rings. The number of nitrogens with one attached hydrogen (secondary N) is 1. The van der Waals surface area contributed by atoms with Gasteiger partial charge in [-0.15, -0.1) is 0 Å². The summed E-state index contributed by atoms with van der Waals surface area (Å²) in [5, 5.41) is 0. The van der Waals surface area contributed by atoms with Gasteiger partial charge in [0.15, 0.2) is 11.5 Å². The summed E-state index contributed by atoms with van der Waals surface area (Å²) in [5.41, 5.74) is 0.416. The van der Waals surface area contributed by atoms with Gasteiger partial charge in [0.05, 0.1) is 25.2 Å². The summed E-state index contributed by atoms with van der Waals surface area (Å²) in [4.78, 5) is 0. The Bertz CT molecular complexity index is 508. The van der Waals surface area contributed by atoms with E-state index in [4.69, 9.17) is 9.47 Å². The molecule has 1 aliphatic rings. The molecule has 0 bridgehead atoms. The van der Waals surface area contributed by atoms with Crippen LogP contribution in [0.15, 0.2) is 18.2 Å². The minimum Gasteiger partial charge on any atom is -0.493 e. The van der Waals surface area contributed by atoms with Gasteiger partial charge in [0, 0.05) is 0 Å². The number of para-hydroxylation sites is 1. The van der Waals surface area contributed by atoms with Gasteiger partial charge < -0.3 is 9.47 Å². The van der Waals surface area contributed by atoms with Crippen molar-refractivity contribution in [3.63, 3.8) is 0 Å². The van der Waals surface area contributed by atoms with Gasteiger partial charge in [-0.25, -0.2) is 8.42 Å². The normalized spacial score (nSPS) is 15.4. The fraction of sp³-hybridized carbons (Fsp3) is 0.455. The van der Waals surface area contributed by atoms with E-state index in [-0.39, 0.29) is 6.10 Å². The highest BCUT2D eigenvalue weighted by Crippen LogP contribution is 2.39. The number of rotatable bonds is 5. The molecule has 0 radical (unpaired) electrons. The van der Waals surface area contributed by atoms with Gasteiger partial charge in [0.25, 0.3) is 0 Å². The summed E-state index contributed by atoms with van der Waals surface area (Å²) in [6.45, 7) is 0. The third-order valence-electron chi connectivity index (χ3n) is 2.30. The molecule has 0 saturated heterocycles. The van der Waals surface area contributed by atoms with Crippen molar-refractivity contribution in [2.24, 2.45) is 0 Å². The number of anilines is 1. The molecule has 0 aliphatic heterocycles. The summed E-state index contributed by atoms with van der Waals surface area (Å²) in [6, 6.07) is 5.11. The molecule has 1 aliphatic carbocycles. The van der Waals surface area contributed by atoms with E-state index in [0.717, 1.165) is 19.1 Å². The first-order valence-electron chi connectivity index (χ1n) is 5.31. The molecule has 0 aromatic heterocycles. The second kappa shape index (κ2) is 4.44. The second-order valence-electron chi connectivity index (χ2n) is 4.03. The maximum atomic E-state index is 11.2. The molecule has 0 unspecified atom stereocenters. The van der Waals surface area contributed by atoms with Gasteiger partial charge in [-0.1, -0.05) is 6.07 Å². The molecule has 1 saturated carbocycles. The van der Waals surface area contributed by atoms with Crippen LogP contribution in [0.2, 0.25) is 0 Å². The van der Waals surface area contributed by atoms with Gasteiger partial charge in [-0.05, 0) is 25.0 Å². The fourth-order valence-electron chi connectivity index (χ4n) is 1.43. The van der Waals surface area contributed by atoms with Crippen LogP contribution >= 0.6 is 0 Å². The molecule has 5 nitrogen and oxygen atoms in total. The zero-order valence-corrected chi connectivity index (χ0v) is 10.6. The lowest BCUT2D eigenvalue weighted by atomic mass is 10.3. The quantitative estimate of drug-likeness (QED) is 0.870. The standard InChI is InChI=1S/C11H15NO4S/c1-15-10-5-3-4-9(12-17(2,13)14)11(10)16-8-6-7-8/h3-5,8,12H,6-7H2,1-2H3. The van der Waals surface area contributed by atoms with Crippen LogP contribution in [-0.4, -0.2) is 27.9 Å². The van der Waals surface area contributed by atoms with Crippen LogP contribution in [0, 0.1) is 0 Å². The first-order valence-corrected chi connectivity index (χ1v) is 7.20. The highest BCUT2D eigenvalue weighted by molar-refractivity contribution is 7.92. The molecule has 1 aromatic rings. The monoisotopic (exact) mass is 257 g/mol. The Morgan fingerprint density at radius 1 is 1.35 bits per heavy atom. The Hall–Kier alpha value is -1.43. The summed E-state index contributed by atoms with van der Waals surface area (Å²) in [7, 11) is -1.80. The van der Waals surface area contributed by atoms with Crippen molar-refractivity contribution in [3.8, 4) is 11.5 Å². The number of benzene rings is 1. The van der Waals surface area contributed by atoms with Crippen molar-refractivity contribution < 1.29 is 17.9 Å². The first kappa shape index (κ1) is 12.0. The van der Waals surface area contributed by atoms with Gasteiger partial charge in [-0.3, -0.25) is 4.72 Å². The highest BCUT2D eigenvalue weighted by atomic mass is 32.2. The lowest BCUT2D eigenvalue weighted by Gasteiger charge is -2.14. The molecule has 1 aromatic carbocycles. The summed E-state index contributed by atoms with van der Waals surface area (Å²) >= 11 is 0. The van der Waals surface area contributed by atoms with Gasteiger partial charge in [-0.2, -0.15) is 0 Å². The largest absolute Gasteiger partial charge is 0.493 e. The Morgan fingerprint density at radius 3 is 2.59 bits per heavy atom. The van der Waals surface area contributed by atoms with Crippen LogP contribution < -0.4 is 14.2 Å². The molecule has 0 heterocycles. The van der Waals surface area contributed by atoms with Crippen LogP contribution in [0.25, 0.3) is 0 Å². The molecule has 0 spiro atoms. The number of sulfonamides is 1. The van der Waals surface area contributed by atoms with E-state index in [2.05, 4.69) is 4.72 Å². The average Bonchev–Trinajstić information content (AvgIpc) is 3.02. The molecular weight excluding hydrogens is 242 g/mol. The van der Waals surface area contributed by atoms with Crippen molar-refractivity contribution >= 4 is 15.7 Å². The molecule has 0 amide bonds. The average molecular weight is 257 g/mol. The smallest absolute Gasteiger partial charge is 0.229 e. The maximum Gasteiger partial charge on any atom is 0.229 e. The van der Waals surface area contributed by atoms with Crippen LogP contribution in [-0.2, 0) is 10.0 Å². The summed E-state index contributed by atoms with van der Waals surface area (Å²) < 4.78 is 35.8. The number of hydrogen-bond donors (Lipinski definition) is 1. The molecular formula is C11H15NO4S. The zero-order chi connectivity index (χ0) is 12.5. The molecule has 6 heteroatoms. The predicted octanol–water partition coefficient (Wildman–Crippen LogP) is 1.61. The Morgan fingerprint density at radius 2 is 2.06 bits per heavy atom. The minimum atomic E-state index is -3.33. The molecule has 17 heavy (non-hydrogen) atoms. The third-order valence-corrected chi connectivity index (χ3v) is 2.89. The fourth-order valence-corrected chi connectivity index (χ4v) is 1.99. The lowest BCUT2D eigenvalue weighted by Crippen LogP contribution is -2.11. The van der Waals surface area contributed by atoms with Crippen LogP contribution in [0.5, 0.6) is 11.5 Å². The zero-order valence-electron chi connectivity index (χ0n) is 9.76. The van der Waals surface area contributed by atoms with Crippen molar-refractivity contribution in [1.29, 1.82) is 0 Å². The number of ether oxygens (including phenoxy) is 2. The Balaban J connectivity index is 2.34. The van der Waals surface area contributed by atoms with E-state index >= 15 is 0 Å². The van der Waals surface area contributed by atoms with Gasteiger partial charge in [0.2, 0.25) is 10.0 Å². The van der Waals surface area contributed by atoms with Crippen molar-refractivity contribution in [3.05, 3.63) is 18.2 Å². The van der Waals surface area contributed by atoms with Crippen LogP contribution in [0.3, 0.4) is 0 Å². The summed E-state index contributed by atoms with van der Waals surface area (Å²) in [6.07, 6.45) is 3.27. The second-order valence-corrected chi connectivity index (χ2v) is 5.78. The minimum absolute atomic E-state index is 0.173. The SMILES string of the molecule is COc1cccc(NS(C)(=O)=O)c1OC1CC1. The van der Waals surface area contributed by atoms with E-state index < -0.39 is 10.0 Å². The molecule has 1 N–H and O–H groups in total. The van der Waals surface area contributed by atoms with Crippen molar-refractivity contribution in [2.45, 2.75) is 18.9 Å². The lowest BCUT2D eigenvalue weighted by molar-refractivity contribution is 0.284. The van der Waals surface area contributed by atoms with Crippen LogP contribution in [0.1, 0.15) is 12.8 Å². The van der Waals surface area contributed by atoms with Crippen molar-refractivity contribution in [1.82, 2.24) is 0 Å². The van der Waals surface area contributed by atoms with E-state index in [0.29, 0.717) is 17.2 Å². The maximum absolute atomic E-state index is 11.2. The summed E-state index contributed by atoms with van der Waals surface area (Å²) in [5.74, 6) is 0.994. The van der Waals surface area contributed by atoms with E-state index in [1.165, 1.54) is 7.11 Å². The number of methoxy groups -OCH3 is 1. The Labute approximate surface area is 101 Å². The van der Waals surface area contributed by atoms with Gasteiger partial charge in [0.1, 0.15) is 0 Å².